The monoisotopic (exact) mass is 320 g/mol. The number of ether oxygens (including phenoxy) is 1. The van der Waals surface area contributed by atoms with Crippen molar-refractivity contribution in [2.24, 2.45) is 0 Å². The second-order valence-electron chi connectivity index (χ2n) is 4.84. The molecular formula is C15H29BrO2. The minimum atomic E-state index is -0.0472. The number of carbonyl (C=O) groups is 1. The molecule has 108 valence electrons. The molecule has 0 rings (SSSR count). The van der Waals surface area contributed by atoms with Gasteiger partial charge in [0.05, 0.1) is 6.61 Å². The van der Waals surface area contributed by atoms with Crippen molar-refractivity contribution in [1.29, 1.82) is 0 Å². The Labute approximate surface area is 121 Å². The maximum absolute atomic E-state index is 11.2. The summed E-state index contributed by atoms with van der Waals surface area (Å²) in [5.41, 5.74) is 0. The molecule has 2 nitrogen and oxygen atoms in total. The summed E-state index contributed by atoms with van der Waals surface area (Å²) in [6.45, 7) is 2.86. The SMILES string of the molecule is CCCCCCCCCCCOC(=O)CCCBr. The van der Waals surface area contributed by atoms with Crippen molar-refractivity contribution in [1.82, 2.24) is 0 Å². The molecule has 0 atom stereocenters. The van der Waals surface area contributed by atoms with Crippen LogP contribution in [-0.4, -0.2) is 17.9 Å². The van der Waals surface area contributed by atoms with Gasteiger partial charge < -0.3 is 4.74 Å². The van der Waals surface area contributed by atoms with Gasteiger partial charge in [0.1, 0.15) is 0 Å². The van der Waals surface area contributed by atoms with Gasteiger partial charge in [-0.3, -0.25) is 4.79 Å². The highest BCUT2D eigenvalue weighted by molar-refractivity contribution is 9.09. The first-order chi connectivity index (χ1) is 8.81. The summed E-state index contributed by atoms with van der Waals surface area (Å²) in [5, 5.41) is 0.875. The van der Waals surface area contributed by atoms with Crippen molar-refractivity contribution >= 4 is 21.9 Å². The Morgan fingerprint density at radius 2 is 1.44 bits per heavy atom. The molecule has 3 heteroatoms. The van der Waals surface area contributed by atoms with Crippen LogP contribution < -0.4 is 0 Å². The first kappa shape index (κ1) is 17.9. The predicted octanol–water partition coefficient (Wildman–Crippen LogP) is 5.24. The molecule has 0 fully saturated rings. The number of unbranched alkanes of at least 4 members (excludes halogenated alkanes) is 8. The minimum absolute atomic E-state index is 0.0472. The summed E-state index contributed by atoms with van der Waals surface area (Å²) in [6.07, 6.45) is 13.1. The molecule has 0 aromatic heterocycles. The lowest BCUT2D eigenvalue weighted by atomic mass is 10.1. The zero-order valence-corrected chi connectivity index (χ0v) is 13.5. The predicted molar refractivity (Wildman–Crippen MR) is 81.2 cm³/mol. The molecule has 0 bridgehead atoms. The Kier molecular flexibility index (Phi) is 15.0. The van der Waals surface area contributed by atoms with Crippen molar-refractivity contribution in [3.05, 3.63) is 0 Å². The van der Waals surface area contributed by atoms with Gasteiger partial charge in [-0.15, -0.1) is 0 Å². The molecule has 0 aliphatic heterocycles. The summed E-state index contributed by atoms with van der Waals surface area (Å²) in [5.74, 6) is -0.0472. The van der Waals surface area contributed by atoms with Crippen LogP contribution in [0, 0.1) is 0 Å². The highest BCUT2D eigenvalue weighted by atomic mass is 79.9. The zero-order valence-electron chi connectivity index (χ0n) is 11.9. The highest BCUT2D eigenvalue weighted by Gasteiger charge is 2.01. The first-order valence-electron chi connectivity index (χ1n) is 7.52. The minimum Gasteiger partial charge on any atom is -0.466 e. The van der Waals surface area contributed by atoms with E-state index in [1.807, 2.05) is 0 Å². The fourth-order valence-electron chi connectivity index (χ4n) is 1.88. The van der Waals surface area contributed by atoms with Gasteiger partial charge in [-0.1, -0.05) is 74.2 Å². The van der Waals surface area contributed by atoms with Gasteiger partial charge in [0, 0.05) is 11.8 Å². The van der Waals surface area contributed by atoms with Gasteiger partial charge >= 0.3 is 5.97 Å². The Morgan fingerprint density at radius 3 is 2.00 bits per heavy atom. The lowest BCUT2D eigenvalue weighted by Crippen LogP contribution is -2.05. The van der Waals surface area contributed by atoms with Gasteiger partial charge in [-0.2, -0.15) is 0 Å². The van der Waals surface area contributed by atoms with Crippen molar-refractivity contribution < 1.29 is 9.53 Å². The van der Waals surface area contributed by atoms with Crippen molar-refractivity contribution in [3.63, 3.8) is 0 Å². The largest absolute Gasteiger partial charge is 0.466 e. The van der Waals surface area contributed by atoms with Crippen LogP contribution in [0.1, 0.15) is 77.6 Å². The van der Waals surface area contributed by atoms with Gasteiger partial charge in [-0.05, 0) is 12.8 Å². The van der Waals surface area contributed by atoms with Gasteiger partial charge in [0.25, 0.3) is 0 Å². The molecule has 0 aliphatic carbocycles. The van der Waals surface area contributed by atoms with Gasteiger partial charge in [0.2, 0.25) is 0 Å². The molecule has 0 aromatic rings. The topological polar surface area (TPSA) is 26.3 Å². The van der Waals surface area contributed by atoms with Gasteiger partial charge in [-0.25, -0.2) is 0 Å². The van der Waals surface area contributed by atoms with E-state index in [0.29, 0.717) is 13.0 Å². The second kappa shape index (κ2) is 15.0. The quantitative estimate of drug-likeness (QED) is 0.263. The molecule has 0 N–H and O–H groups in total. The molecule has 18 heavy (non-hydrogen) atoms. The second-order valence-corrected chi connectivity index (χ2v) is 5.63. The van der Waals surface area contributed by atoms with Crippen LogP contribution in [-0.2, 0) is 9.53 Å². The van der Waals surface area contributed by atoms with E-state index in [2.05, 4.69) is 22.9 Å². The summed E-state index contributed by atoms with van der Waals surface area (Å²) in [6, 6.07) is 0. The van der Waals surface area contributed by atoms with Crippen LogP contribution in [0.25, 0.3) is 0 Å². The molecule has 0 saturated carbocycles. The molecule has 0 amide bonds. The van der Waals surface area contributed by atoms with Gasteiger partial charge in [0.15, 0.2) is 0 Å². The molecule has 0 aliphatic rings. The average Bonchev–Trinajstić information content (AvgIpc) is 2.38. The number of hydrogen-bond acceptors (Lipinski definition) is 2. The summed E-state index contributed by atoms with van der Waals surface area (Å²) < 4.78 is 5.14. The third-order valence-electron chi connectivity index (χ3n) is 3.03. The summed E-state index contributed by atoms with van der Waals surface area (Å²) >= 11 is 3.30. The van der Waals surface area contributed by atoms with E-state index in [1.54, 1.807) is 0 Å². The van der Waals surface area contributed by atoms with E-state index < -0.39 is 0 Å². The average molecular weight is 321 g/mol. The van der Waals surface area contributed by atoms with E-state index >= 15 is 0 Å². The Morgan fingerprint density at radius 1 is 0.889 bits per heavy atom. The normalized spacial score (nSPS) is 10.6. The molecule has 0 unspecified atom stereocenters. The molecule has 0 spiro atoms. The number of rotatable bonds is 13. The maximum atomic E-state index is 11.2. The van der Waals surface area contributed by atoms with Crippen molar-refractivity contribution in [3.8, 4) is 0 Å². The van der Waals surface area contributed by atoms with Crippen LogP contribution in [0.15, 0.2) is 0 Å². The number of carbonyl (C=O) groups excluding carboxylic acids is 1. The molecule has 0 saturated heterocycles. The third-order valence-corrected chi connectivity index (χ3v) is 3.59. The Hall–Kier alpha value is -0.0500. The van der Waals surface area contributed by atoms with Crippen LogP contribution in [0.2, 0.25) is 0 Å². The smallest absolute Gasteiger partial charge is 0.305 e. The number of halogens is 1. The van der Waals surface area contributed by atoms with Crippen LogP contribution in [0.5, 0.6) is 0 Å². The summed E-state index contributed by atoms with van der Waals surface area (Å²) in [7, 11) is 0. The standard InChI is InChI=1S/C15H29BrO2/c1-2-3-4-5-6-7-8-9-10-14-18-15(17)12-11-13-16/h2-14H2,1H3. The van der Waals surface area contributed by atoms with Crippen LogP contribution >= 0.6 is 15.9 Å². The van der Waals surface area contributed by atoms with E-state index in [-0.39, 0.29) is 5.97 Å². The highest BCUT2D eigenvalue weighted by Crippen LogP contribution is 2.09. The molecular weight excluding hydrogens is 292 g/mol. The van der Waals surface area contributed by atoms with E-state index in [0.717, 1.165) is 18.2 Å². The lowest BCUT2D eigenvalue weighted by Gasteiger charge is -2.04. The van der Waals surface area contributed by atoms with E-state index in [4.69, 9.17) is 4.74 Å². The Bertz CT molecular complexity index is 183. The number of alkyl halides is 1. The Balaban J connectivity index is 3.04. The fraction of sp³-hybridized carbons (Fsp3) is 0.933. The molecule has 0 radical (unpaired) electrons. The third kappa shape index (κ3) is 14.0. The summed E-state index contributed by atoms with van der Waals surface area (Å²) in [4.78, 5) is 11.2. The van der Waals surface area contributed by atoms with Crippen molar-refractivity contribution in [2.75, 3.05) is 11.9 Å². The van der Waals surface area contributed by atoms with Crippen molar-refractivity contribution in [2.45, 2.75) is 77.6 Å². The first-order valence-corrected chi connectivity index (χ1v) is 8.65. The van der Waals surface area contributed by atoms with E-state index in [1.165, 1.54) is 51.4 Å². The van der Waals surface area contributed by atoms with Crippen LogP contribution in [0.3, 0.4) is 0 Å². The fourth-order valence-corrected chi connectivity index (χ4v) is 2.16. The van der Waals surface area contributed by atoms with Crippen LogP contribution in [0.4, 0.5) is 0 Å². The molecule has 0 heterocycles. The lowest BCUT2D eigenvalue weighted by molar-refractivity contribution is -0.143. The zero-order chi connectivity index (χ0) is 13.5. The number of hydrogen-bond donors (Lipinski definition) is 0. The maximum Gasteiger partial charge on any atom is 0.305 e. The number of esters is 1. The van der Waals surface area contributed by atoms with E-state index in [9.17, 15) is 4.79 Å². The molecule has 0 aromatic carbocycles.